The van der Waals surface area contributed by atoms with Gasteiger partial charge in [0.25, 0.3) is 0 Å². The number of hydrogen-bond donors (Lipinski definition) is 0. The summed E-state index contributed by atoms with van der Waals surface area (Å²) in [7, 11) is 0. The zero-order valence-corrected chi connectivity index (χ0v) is 50.6. The molecule has 0 aromatic heterocycles. The summed E-state index contributed by atoms with van der Waals surface area (Å²) < 4.78 is 16.7. The van der Waals surface area contributed by atoms with Crippen LogP contribution in [0.2, 0.25) is 0 Å². The first-order valence-corrected chi connectivity index (χ1v) is 31.6. The molecule has 0 bridgehead atoms. The zero-order chi connectivity index (χ0) is 57.1. The molecule has 0 spiro atoms. The lowest BCUT2D eigenvalue weighted by atomic mass is 10.1. The van der Waals surface area contributed by atoms with Gasteiger partial charge in [0.1, 0.15) is 13.2 Å². The van der Waals surface area contributed by atoms with E-state index < -0.39 is 12.1 Å². The molecule has 0 aliphatic carbocycles. The summed E-state index contributed by atoms with van der Waals surface area (Å²) in [5.41, 5.74) is 0. The number of ether oxygens (including phenoxy) is 3. The fraction of sp³-hybridized carbons (Fsp3) is 0.575. The van der Waals surface area contributed by atoms with Crippen molar-refractivity contribution >= 4 is 17.9 Å². The maximum absolute atomic E-state index is 12.8. The normalized spacial score (nSPS) is 13.3. The Morgan fingerprint density at radius 1 is 0.278 bits per heavy atom. The minimum absolute atomic E-state index is 0.0885. The van der Waals surface area contributed by atoms with Crippen LogP contribution in [-0.2, 0) is 28.6 Å². The Bertz CT molecular complexity index is 1820. The number of unbranched alkanes of at least 4 members (excludes halogenated alkanes) is 17. The van der Waals surface area contributed by atoms with Crippen LogP contribution in [0.15, 0.2) is 170 Å². The van der Waals surface area contributed by atoms with Gasteiger partial charge in [-0.15, -0.1) is 0 Å². The van der Waals surface area contributed by atoms with Gasteiger partial charge in [-0.1, -0.05) is 287 Å². The lowest BCUT2D eigenvalue weighted by molar-refractivity contribution is -0.166. The molecule has 79 heavy (non-hydrogen) atoms. The molecular formula is C73H114O6. The van der Waals surface area contributed by atoms with Crippen LogP contribution < -0.4 is 0 Å². The molecule has 1 atom stereocenters. The minimum Gasteiger partial charge on any atom is -0.462 e. The highest BCUT2D eigenvalue weighted by Gasteiger charge is 2.19. The third kappa shape index (κ3) is 63.5. The van der Waals surface area contributed by atoms with E-state index in [1.165, 1.54) is 70.6 Å². The zero-order valence-electron chi connectivity index (χ0n) is 50.6. The van der Waals surface area contributed by atoms with E-state index in [1.807, 2.05) is 6.08 Å². The van der Waals surface area contributed by atoms with E-state index in [0.717, 1.165) is 135 Å². The highest BCUT2D eigenvalue weighted by Crippen LogP contribution is 2.14. The summed E-state index contributed by atoms with van der Waals surface area (Å²) in [5.74, 6) is -1.07. The van der Waals surface area contributed by atoms with Crippen LogP contribution in [0.3, 0.4) is 0 Å². The van der Waals surface area contributed by atoms with Crippen molar-refractivity contribution in [3.8, 4) is 0 Å². The fourth-order valence-electron chi connectivity index (χ4n) is 8.10. The first kappa shape index (κ1) is 73.8. The number of hydrogen-bond acceptors (Lipinski definition) is 6. The van der Waals surface area contributed by atoms with Gasteiger partial charge in [0.05, 0.1) is 6.42 Å². The lowest BCUT2D eigenvalue weighted by Crippen LogP contribution is -2.30. The van der Waals surface area contributed by atoms with Gasteiger partial charge in [0.2, 0.25) is 0 Å². The third-order valence-corrected chi connectivity index (χ3v) is 12.7. The number of carbonyl (C=O) groups excluding carboxylic acids is 3. The van der Waals surface area contributed by atoms with Crippen molar-refractivity contribution in [2.75, 3.05) is 13.2 Å². The van der Waals surface area contributed by atoms with Crippen LogP contribution in [0.4, 0.5) is 0 Å². The molecule has 1 unspecified atom stereocenters. The molecule has 0 saturated heterocycles. The Hall–Kier alpha value is -5.23. The van der Waals surface area contributed by atoms with E-state index in [2.05, 4.69) is 179 Å². The second-order valence-corrected chi connectivity index (χ2v) is 20.2. The summed E-state index contributed by atoms with van der Waals surface area (Å²) >= 11 is 0. The standard InChI is InChI=1S/C73H114O6/c1-4-7-10-13-16-19-22-24-26-27-28-29-30-31-32-33-34-35-36-37-38-39-40-41-42-43-44-45-47-48-51-54-57-60-63-66-72(75)78-69-70(68-77-71(74)65-62-59-56-53-50-21-18-15-12-9-6-3)79-73(76)67-64-61-58-55-52-49-46-25-23-20-17-14-11-8-5-2/h7-8,10-11,16-17,19-20,24-26,28-29,31-32,34-35,37-38,40-41,43-44,46,52,55,61,64,70H,4-6,9,12-15,18,21-23,27,30,33,36,39,42,45,47-51,53-54,56-60,62-63,65-69H2,1-3H3/b10-7-,11-8-,19-16-,20-17-,26-24-,29-28-,32-31-,35-34-,38-37-,41-40-,44-43-,46-25-,55-52-,64-61-. The molecule has 6 nitrogen and oxygen atoms in total. The van der Waals surface area contributed by atoms with Gasteiger partial charge in [-0.3, -0.25) is 14.4 Å². The predicted molar refractivity (Wildman–Crippen MR) is 343 cm³/mol. The molecule has 0 saturated carbocycles. The summed E-state index contributed by atoms with van der Waals surface area (Å²) in [4.78, 5) is 38.1. The quantitative estimate of drug-likeness (QED) is 0.0261. The van der Waals surface area contributed by atoms with Gasteiger partial charge in [0, 0.05) is 12.8 Å². The maximum atomic E-state index is 12.8. The van der Waals surface area contributed by atoms with Crippen LogP contribution in [0.5, 0.6) is 0 Å². The fourth-order valence-corrected chi connectivity index (χ4v) is 8.10. The van der Waals surface area contributed by atoms with Gasteiger partial charge >= 0.3 is 17.9 Å². The van der Waals surface area contributed by atoms with E-state index in [0.29, 0.717) is 19.3 Å². The number of carbonyl (C=O) groups is 3. The summed E-state index contributed by atoms with van der Waals surface area (Å²) in [6, 6.07) is 0. The predicted octanol–water partition coefficient (Wildman–Crippen LogP) is 21.9. The molecule has 0 N–H and O–H groups in total. The smallest absolute Gasteiger partial charge is 0.310 e. The van der Waals surface area contributed by atoms with Gasteiger partial charge in [-0.25, -0.2) is 0 Å². The molecule has 0 amide bonds. The topological polar surface area (TPSA) is 78.9 Å². The molecular weight excluding hydrogens is 973 g/mol. The molecule has 0 fully saturated rings. The van der Waals surface area contributed by atoms with E-state index >= 15 is 0 Å². The average Bonchev–Trinajstić information content (AvgIpc) is 3.45. The molecule has 0 heterocycles. The molecule has 6 heteroatoms. The Labute approximate surface area is 485 Å². The lowest BCUT2D eigenvalue weighted by Gasteiger charge is -2.18. The molecule has 0 aromatic rings. The van der Waals surface area contributed by atoms with Gasteiger partial charge in [0.15, 0.2) is 6.10 Å². The molecule has 0 aliphatic heterocycles. The summed E-state index contributed by atoms with van der Waals surface area (Å²) in [6.45, 7) is 6.30. The SMILES string of the molecule is CC/C=C\C/C=C\C/C=C\C/C=C\C/C=C\C/C=C\C/C=C\C/C=C\C/C=C\CCCCCCCCCC(=O)OCC(COC(=O)CCCCCCCCCCCCC)OC(=O)C/C=C\C/C=C\C/C=C\C/C=C\C/C=C\CC. The van der Waals surface area contributed by atoms with E-state index in [1.54, 1.807) is 6.08 Å². The van der Waals surface area contributed by atoms with Crippen molar-refractivity contribution in [2.24, 2.45) is 0 Å². The van der Waals surface area contributed by atoms with Gasteiger partial charge in [-0.2, -0.15) is 0 Å². The maximum Gasteiger partial charge on any atom is 0.310 e. The average molecular weight is 1090 g/mol. The minimum atomic E-state index is -0.843. The van der Waals surface area contributed by atoms with E-state index in [9.17, 15) is 14.4 Å². The monoisotopic (exact) mass is 1090 g/mol. The van der Waals surface area contributed by atoms with Crippen LogP contribution >= 0.6 is 0 Å². The molecule has 0 aromatic carbocycles. The van der Waals surface area contributed by atoms with Crippen molar-refractivity contribution < 1.29 is 28.6 Å². The number of allylic oxidation sites excluding steroid dienone is 27. The van der Waals surface area contributed by atoms with Crippen LogP contribution in [0, 0.1) is 0 Å². The van der Waals surface area contributed by atoms with Crippen molar-refractivity contribution in [2.45, 2.75) is 258 Å². The number of rotatable bonds is 55. The third-order valence-electron chi connectivity index (χ3n) is 12.7. The molecule has 0 rings (SSSR count). The van der Waals surface area contributed by atoms with Crippen molar-refractivity contribution in [1.82, 2.24) is 0 Å². The van der Waals surface area contributed by atoms with E-state index in [-0.39, 0.29) is 31.6 Å². The molecule has 0 radical (unpaired) electrons. The number of esters is 3. The van der Waals surface area contributed by atoms with Gasteiger partial charge < -0.3 is 14.2 Å². The largest absolute Gasteiger partial charge is 0.462 e. The second-order valence-electron chi connectivity index (χ2n) is 20.2. The van der Waals surface area contributed by atoms with Crippen LogP contribution in [-0.4, -0.2) is 37.2 Å². The summed E-state index contributed by atoms with van der Waals surface area (Å²) in [6.07, 6.45) is 96.8. The molecule has 442 valence electrons. The Kier molecular flexibility index (Phi) is 61.0. The van der Waals surface area contributed by atoms with Crippen molar-refractivity contribution in [3.05, 3.63) is 170 Å². The van der Waals surface area contributed by atoms with Crippen LogP contribution in [0.1, 0.15) is 252 Å². The summed E-state index contributed by atoms with van der Waals surface area (Å²) in [5, 5.41) is 0. The second kappa shape index (κ2) is 65.3. The van der Waals surface area contributed by atoms with Crippen molar-refractivity contribution in [3.63, 3.8) is 0 Å². The van der Waals surface area contributed by atoms with E-state index in [4.69, 9.17) is 14.2 Å². The van der Waals surface area contributed by atoms with Crippen molar-refractivity contribution in [1.29, 1.82) is 0 Å². The highest BCUT2D eigenvalue weighted by atomic mass is 16.6. The molecule has 0 aliphatic rings. The Morgan fingerprint density at radius 2 is 0.532 bits per heavy atom. The van der Waals surface area contributed by atoms with Gasteiger partial charge in [-0.05, 0) is 116 Å². The van der Waals surface area contributed by atoms with Crippen LogP contribution in [0.25, 0.3) is 0 Å². The highest BCUT2D eigenvalue weighted by molar-refractivity contribution is 5.72. The Balaban J connectivity index is 4.31. The first-order valence-electron chi connectivity index (χ1n) is 31.6. The first-order chi connectivity index (χ1) is 39.0. The Morgan fingerprint density at radius 3 is 0.835 bits per heavy atom.